The van der Waals surface area contributed by atoms with Gasteiger partial charge in [-0.25, -0.2) is 10.0 Å². The van der Waals surface area contributed by atoms with Crippen LogP contribution in [0.25, 0.3) is 0 Å². The van der Waals surface area contributed by atoms with Crippen molar-refractivity contribution >= 4 is 0 Å². The second-order valence-corrected chi connectivity index (χ2v) is 3.18. The molecule has 2 saturated heterocycles. The van der Waals surface area contributed by atoms with Gasteiger partial charge in [-0.3, -0.25) is 0 Å². The zero-order valence-electron chi connectivity index (χ0n) is 6.84. The van der Waals surface area contributed by atoms with Crippen LogP contribution in [-0.4, -0.2) is 49.3 Å². The molecule has 2 N–H and O–H groups in total. The molecular formula is C7H16N4. The van der Waals surface area contributed by atoms with Crippen molar-refractivity contribution in [3.63, 3.8) is 0 Å². The Morgan fingerprint density at radius 1 is 0.909 bits per heavy atom. The van der Waals surface area contributed by atoms with E-state index >= 15 is 0 Å². The summed E-state index contributed by atoms with van der Waals surface area (Å²) in [5.74, 6) is 0. The van der Waals surface area contributed by atoms with Gasteiger partial charge in [-0.05, 0) is 6.42 Å². The number of hydrogen-bond acceptors (Lipinski definition) is 4. The first-order valence-electron chi connectivity index (χ1n) is 4.42. The molecule has 11 heavy (non-hydrogen) atoms. The van der Waals surface area contributed by atoms with Crippen LogP contribution in [0.15, 0.2) is 0 Å². The number of rotatable bonds is 2. The highest BCUT2D eigenvalue weighted by atomic mass is 15.8. The summed E-state index contributed by atoms with van der Waals surface area (Å²) in [5.41, 5.74) is 3.38. The molecule has 0 radical (unpaired) electrons. The molecular weight excluding hydrogens is 140 g/mol. The van der Waals surface area contributed by atoms with Crippen molar-refractivity contribution in [2.24, 2.45) is 0 Å². The van der Waals surface area contributed by atoms with E-state index in [-0.39, 0.29) is 0 Å². The molecule has 0 atom stereocenters. The first-order chi connectivity index (χ1) is 5.45. The van der Waals surface area contributed by atoms with Crippen LogP contribution in [0.1, 0.15) is 6.42 Å². The molecule has 4 heteroatoms. The van der Waals surface area contributed by atoms with Crippen molar-refractivity contribution in [2.45, 2.75) is 6.42 Å². The number of nitrogens with zero attached hydrogens (tertiary/aromatic N) is 2. The van der Waals surface area contributed by atoms with Gasteiger partial charge in [-0.1, -0.05) is 0 Å². The Labute approximate surface area is 67.5 Å². The second-order valence-electron chi connectivity index (χ2n) is 3.18. The molecule has 2 fully saturated rings. The Bertz CT molecular complexity index is 118. The van der Waals surface area contributed by atoms with Crippen LogP contribution in [0.3, 0.4) is 0 Å². The Hall–Kier alpha value is -0.160. The fraction of sp³-hybridized carbons (Fsp3) is 1.00. The van der Waals surface area contributed by atoms with Crippen molar-refractivity contribution in [2.75, 3.05) is 39.3 Å². The molecule has 0 bridgehead atoms. The summed E-state index contributed by atoms with van der Waals surface area (Å²) in [6, 6.07) is 0. The average Bonchev–Trinajstić information content (AvgIpc) is 1.99. The van der Waals surface area contributed by atoms with Gasteiger partial charge >= 0.3 is 0 Å². The van der Waals surface area contributed by atoms with Crippen LogP contribution < -0.4 is 10.9 Å². The Morgan fingerprint density at radius 2 is 1.55 bits per heavy atom. The minimum atomic E-state index is 1.11. The first-order valence-corrected chi connectivity index (χ1v) is 4.42. The summed E-state index contributed by atoms with van der Waals surface area (Å²) in [7, 11) is 0. The molecule has 0 amide bonds. The third-order valence-electron chi connectivity index (χ3n) is 2.26. The topological polar surface area (TPSA) is 30.5 Å². The molecule has 64 valence electrons. The highest BCUT2D eigenvalue weighted by molar-refractivity contribution is 4.67. The molecule has 4 nitrogen and oxygen atoms in total. The molecule has 0 saturated carbocycles. The summed E-state index contributed by atoms with van der Waals surface area (Å²) >= 11 is 0. The van der Waals surface area contributed by atoms with E-state index in [0.29, 0.717) is 0 Å². The van der Waals surface area contributed by atoms with Crippen LogP contribution >= 0.6 is 0 Å². The molecule has 2 aliphatic heterocycles. The van der Waals surface area contributed by atoms with Crippen LogP contribution in [0, 0.1) is 0 Å². The normalized spacial score (nSPS) is 28.4. The quantitative estimate of drug-likeness (QED) is 0.538. The van der Waals surface area contributed by atoms with E-state index in [1.165, 1.54) is 19.5 Å². The SMILES string of the molecule is C1CN(NN2CCNCC2)C1. The predicted molar refractivity (Wildman–Crippen MR) is 43.8 cm³/mol. The van der Waals surface area contributed by atoms with Gasteiger partial charge in [-0.2, -0.15) is 5.53 Å². The number of hydrazine groups is 2. The lowest BCUT2D eigenvalue weighted by Gasteiger charge is -2.38. The van der Waals surface area contributed by atoms with E-state index < -0.39 is 0 Å². The van der Waals surface area contributed by atoms with Gasteiger partial charge in [0.25, 0.3) is 0 Å². The van der Waals surface area contributed by atoms with Crippen LogP contribution in [-0.2, 0) is 0 Å². The maximum Gasteiger partial charge on any atom is 0.0270 e. The van der Waals surface area contributed by atoms with E-state index in [1.54, 1.807) is 0 Å². The number of hydrogen-bond donors (Lipinski definition) is 2. The first kappa shape index (κ1) is 7.49. The largest absolute Gasteiger partial charge is 0.314 e. The van der Waals surface area contributed by atoms with Gasteiger partial charge in [0.05, 0.1) is 0 Å². The molecule has 2 heterocycles. The van der Waals surface area contributed by atoms with E-state index in [9.17, 15) is 0 Å². The smallest absolute Gasteiger partial charge is 0.0270 e. The van der Waals surface area contributed by atoms with Gasteiger partial charge in [0.15, 0.2) is 0 Å². The molecule has 0 unspecified atom stereocenters. The van der Waals surface area contributed by atoms with Crippen molar-refractivity contribution < 1.29 is 0 Å². The minimum absolute atomic E-state index is 1.11. The minimum Gasteiger partial charge on any atom is -0.314 e. The highest BCUT2D eigenvalue weighted by Crippen LogP contribution is 2.01. The third kappa shape index (κ3) is 1.90. The number of piperazine rings is 1. The van der Waals surface area contributed by atoms with Crippen molar-refractivity contribution in [3.05, 3.63) is 0 Å². The standard InChI is InChI=1S/C7H16N4/c1-4-10(5-1)9-11-6-2-8-3-7-11/h8-9H,1-7H2. The van der Waals surface area contributed by atoms with E-state index in [2.05, 4.69) is 20.9 Å². The van der Waals surface area contributed by atoms with Gasteiger partial charge in [0.1, 0.15) is 0 Å². The summed E-state index contributed by atoms with van der Waals surface area (Å²) < 4.78 is 0. The highest BCUT2D eigenvalue weighted by Gasteiger charge is 2.17. The van der Waals surface area contributed by atoms with E-state index in [1.807, 2.05) is 0 Å². The summed E-state index contributed by atoms with van der Waals surface area (Å²) in [4.78, 5) is 0. The fourth-order valence-corrected chi connectivity index (χ4v) is 1.38. The zero-order valence-corrected chi connectivity index (χ0v) is 6.84. The molecule has 2 rings (SSSR count). The zero-order chi connectivity index (χ0) is 7.52. The second kappa shape index (κ2) is 3.49. The van der Waals surface area contributed by atoms with Gasteiger partial charge < -0.3 is 5.32 Å². The lowest BCUT2D eigenvalue weighted by atomic mass is 10.3. The molecule has 0 aromatic heterocycles. The van der Waals surface area contributed by atoms with Crippen LogP contribution in [0.5, 0.6) is 0 Å². The summed E-state index contributed by atoms with van der Waals surface area (Å²) in [6.45, 7) is 6.89. The van der Waals surface area contributed by atoms with Gasteiger partial charge in [0.2, 0.25) is 0 Å². The Morgan fingerprint density at radius 3 is 2.09 bits per heavy atom. The predicted octanol–water partition coefficient (Wildman–Crippen LogP) is -0.983. The average molecular weight is 156 g/mol. The summed E-state index contributed by atoms with van der Waals surface area (Å²) in [6.07, 6.45) is 1.35. The maximum atomic E-state index is 3.38. The molecule has 0 spiro atoms. The Balaban J connectivity index is 1.67. The fourth-order valence-electron chi connectivity index (χ4n) is 1.38. The Kier molecular flexibility index (Phi) is 2.38. The van der Waals surface area contributed by atoms with E-state index in [4.69, 9.17) is 0 Å². The third-order valence-corrected chi connectivity index (χ3v) is 2.26. The van der Waals surface area contributed by atoms with Crippen molar-refractivity contribution in [1.29, 1.82) is 0 Å². The molecule has 0 aliphatic carbocycles. The monoisotopic (exact) mass is 156 g/mol. The van der Waals surface area contributed by atoms with Crippen molar-refractivity contribution in [1.82, 2.24) is 20.9 Å². The molecule has 0 aromatic carbocycles. The van der Waals surface area contributed by atoms with Crippen molar-refractivity contribution in [3.8, 4) is 0 Å². The van der Waals surface area contributed by atoms with E-state index in [0.717, 1.165) is 26.2 Å². The van der Waals surface area contributed by atoms with Gasteiger partial charge in [0, 0.05) is 39.3 Å². The number of nitrogens with one attached hydrogen (secondary N) is 2. The lowest BCUT2D eigenvalue weighted by Crippen LogP contribution is -2.59. The van der Waals surface area contributed by atoms with Crippen LogP contribution in [0.4, 0.5) is 0 Å². The summed E-state index contributed by atoms with van der Waals surface area (Å²) in [5, 5.41) is 7.88. The van der Waals surface area contributed by atoms with Gasteiger partial charge in [-0.15, -0.1) is 0 Å². The molecule has 0 aromatic rings. The van der Waals surface area contributed by atoms with Crippen LogP contribution in [0.2, 0.25) is 0 Å². The molecule has 2 aliphatic rings. The lowest BCUT2D eigenvalue weighted by molar-refractivity contribution is -0.0232. The maximum absolute atomic E-state index is 3.38.